The number of carboxylic acid groups (broad SMARTS) is 1. The summed E-state index contributed by atoms with van der Waals surface area (Å²) in [5.41, 5.74) is 1.91. The van der Waals surface area contributed by atoms with Gasteiger partial charge in [0.05, 0.1) is 0 Å². The predicted molar refractivity (Wildman–Crippen MR) is 94.0 cm³/mol. The van der Waals surface area contributed by atoms with Crippen LogP contribution in [0.3, 0.4) is 0 Å². The highest BCUT2D eigenvalue weighted by atomic mass is 79.9. The molecule has 6 heteroatoms. The largest absolute Gasteiger partial charge is 0.465 e. The van der Waals surface area contributed by atoms with Crippen LogP contribution in [0.25, 0.3) is 0 Å². The van der Waals surface area contributed by atoms with Gasteiger partial charge in [0, 0.05) is 41.6 Å². The highest BCUT2D eigenvalue weighted by Gasteiger charge is 2.34. The molecule has 0 spiro atoms. The van der Waals surface area contributed by atoms with Gasteiger partial charge >= 0.3 is 6.09 Å². The number of nitrogens with zero attached hydrogens (tertiary/aromatic N) is 2. The van der Waals surface area contributed by atoms with Crippen molar-refractivity contribution in [3.05, 3.63) is 28.2 Å². The van der Waals surface area contributed by atoms with E-state index in [4.69, 9.17) is 0 Å². The number of fused-ring (bicyclic) bond motifs is 1. The summed E-state index contributed by atoms with van der Waals surface area (Å²) in [4.78, 5) is 26.8. The van der Waals surface area contributed by atoms with Gasteiger partial charge in [-0.1, -0.05) is 15.9 Å². The van der Waals surface area contributed by atoms with Crippen LogP contribution in [0.5, 0.6) is 0 Å². The Morgan fingerprint density at radius 1 is 1.43 bits per heavy atom. The van der Waals surface area contributed by atoms with Gasteiger partial charge in [-0.25, -0.2) is 4.79 Å². The second-order valence-electron chi connectivity index (χ2n) is 6.40. The van der Waals surface area contributed by atoms with Crippen LogP contribution in [-0.2, 0) is 4.79 Å². The third-order valence-corrected chi connectivity index (χ3v) is 4.87. The van der Waals surface area contributed by atoms with Crippen LogP contribution < -0.4 is 4.90 Å². The Labute approximate surface area is 145 Å². The lowest BCUT2D eigenvalue weighted by Crippen LogP contribution is -2.45. The van der Waals surface area contributed by atoms with E-state index in [2.05, 4.69) is 15.9 Å². The molecule has 1 aliphatic heterocycles. The monoisotopic (exact) mass is 382 g/mol. The fourth-order valence-corrected chi connectivity index (χ4v) is 3.73. The van der Waals surface area contributed by atoms with E-state index >= 15 is 0 Å². The Morgan fingerprint density at radius 2 is 2.09 bits per heavy atom. The summed E-state index contributed by atoms with van der Waals surface area (Å²) in [6.07, 6.45) is -0.155. The second-order valence-corrected chi connectivity index (χ2v) is 7.32. The maximum Gasteiger partial charge on any atom is 0.407 e. The van der Waals surface area contributed by atoms with Gasteiger partial charge in [0.25, 0.3) is 0 Å². The molecule has 0 radical (unpaired) electrons. The summed E-state index contributed by atoms with van der Waals surface area (Å²) in [5, 5.41) is 9.44. The highest BCUT2D eigenvalue weighted by Crippen LogP contribution is 2.40. The minimum Gasteiger partial charge on any atom is -0.465 e. The third-order valence-electron chi connectivity index (χ3n) is 4.38. The molecule has 0 bridgehead atoms. The molecule has 126 valence electrons. The van der Waals surface area contributed by atoms with Crippen LogP contribution in [0.4, 0.5) is 10.5 Å². The average Bonchev–Trinajstić information content (AvgIpc) is 2.43. The van der Waals surface area contributed by atoms with Crippen molar-refractivity contribution >= 4 is 33.6 Å². The summed E-state index contributed by atoms with van der Waals surface area (Å²) in [5.74, 6) is 0.0880. The van der Waals surface area contributed by atoms with Crippen molar-refractivity contribution in [2.24, 2.45) is 0 Å². The van der Waals surface area contributed by atoms with Gasteiger partial charge in [0.2, 0.25) is 5.91 Å². The van der Waals surface area contributed by atoms with Crippen molar-refractivity contribution in [2.75, 3.05) is 11.4 Å². The van der Waals surface area contributed by atoms with Crippen LogP contribution >= 0.6 is 15.9 Å². The molecule has 2 amide bonds. The van der Waals surface area contributed by atoms with E-state index in [0.29, 0.717) is 6.54 Å². The molecule has 2 atom stereocenters. The number of halogens is 1. The van der Waals surface area contributed by atoms with Crippen molar-refractivity contribution in [2.45, 2.75) is 52.1 Å². The number of carbonyl (C=O) groups is 2. The number of hydrogen-bond acceptors (Lipinski definition) is 2. The number of amides is 2. The number of carbonyl (C=O) groups excluding carboxylic acids is 1. The summed E-state index contributed by atoms with van der Waals surface area (Å²) in [6.45, 7) is 7.78. The molecule has 5 nitrogen and oxygen atoms in total. The van der Waals surface area contributed by atoms with Gasteiger partial charge in [-0.15, -0.1) is 0 Å². The molecule has 0 saturated carbocycles. The van der Waals surface area contributed by atoms with Crippen LogP contribution in [0.2, 0.25) is 0 Å². The molecule has 0 unspecified atom stereocenters. The van der Waals surface area contributed by atoms with E-state index < -0.39 is 6.09 Å². The van der Waals surface area contributed by atoms with Crippen molar-refractivity contribution < 1.29 is 14.7 Å². The van der Waals surface area contributed by atoms with Crippen molar-refractivity contribution in [1.29, 1.82) is 0 Å². The van der Waals surface area contributed by atoms with Gasteiger partial charge in [-0.05, 0) is 51.0 Å². The Morgan fingerprint density at radius 3 is 2.61 bits per heavy atom. The van der Waals surface area contributed by atoms with Crippen LogP contribution in [-0.4, -0.2) is 40.6 Å². The number of hydrogen-bond donors (Lipinski definition) is 1. The SMILES string of the molecule is CC(=O)N1c2ccc(Br)cc2[C@H](CN(C(=O)O)C(C)C)C[C@@H]1C. The molecule has 0 saturated heterocycles. The third kappa shape index (κ3) is 3.68. The summed E-state index contributed by atoms with van der Waals surface area (Å²) < 4.78 is 0.936. The lowest BCUT2D eigenvalue weighted by molar-refractivity contribution is -0.117. The van der Waals surface area contributed by atoms with Crippen LogP contribution in [0.1, 0.15) is 45.6 Å². The minimum atomic E-state index is -0.904. The molecule has 0 aliphatic carbocycles. The van der Waals surface area contributed by atoms with E-state index in [1.54, 1.807) is 11.8 Å². The first-order valence-electron chi connectivity index (χ1n) is 7.81. The van der Waals surface area contributed by atoms with E-state index in [-0.39, 0.29) is 23.9 Å². The minimum absolute atomic E-state index is 0.0125. The first-order valence-corrected chi connectivity index (χ1v) is 8.60. The molecule has 1 aromatic rings. The smallest absolute Gasteiger partial charge is 0.407 e. The van der Waals surface area contributed by atoms with E-state index in [1.165, 1.54) is 4.90 Å². The zero-order valence-corrected chi connectivity index (χ0v) is 15.5. The Bertz CT molecular complexity index is 618. The van der Waals surface area contributed by atoms with Crippen molar-refractivity contribution in [1.82, 2.24) is 4.90 Å². The lowest BCUT2D eigenvalue weighted by Gasteiger charge is -2.40. The van der Waals surface area contributed by atoms with Gasteiger partial charge in [-0.3, -0.25) is 4.79 Å². The standard InChI is InChI=1S/C17H23BrN2O3/c1-10(2)19(17(22)23)9-13-7-11(3)20(12(4)21)16-6-5-14(18)8-15(13)16/h5-6,8,10-11,13H,7,9H2,1-4H3,(H,22,23)/t11-,13-/m0/s1. The van der Waals surface area contributed by atoms with Crippen molar-refractivity contribution in [3.8, 4) is 0 Å². The molecule has 2 rings (SSSR count). The van der Waals surface area contributed by atoms with Crippen molar-refractivity contribution in [3.63, 3.8) is 0 Å². The fourth-order valence-electron chi connectivity index (χ4n) is 3.35. The van der Waals surface area contributed by atoms with Crippen LogP contribution in [0.15, 0.2) is 22.7 Å². The average molecular weight is 383 g/mol. The second kappa shape index (κ2) is 6.91. The molecular weight excluding hydrogens is 360 g/mol. The summed E-state index contributed by atoms with van der Waals surface area (Å²) in [7, 11) is 0. The van der Waals surface area contributed by atoms with E-state index in [0.717, 1.165) is 22.1 Å². The van der Waals surface area contributed by atoms with Crippen LogP contribution in [0, 0.1) is 0 Å². The van der Waals surface area contributed by atoms with Gasteiger partial charge in [0.1, 0.15) is 0 Å². The van der Waals surface area contributed by atoms with E-state index in [9.17, 15) is 14.7 Å². The number of anilines is 1. The lowest BCUT2D eigenvalue weighted by atomic mass is 9.85. The molecule has 23 heavy (non-hydrogen) atoms. The van der Waals surface area contributed by atoms with Gasteiger partial charge < -0.3 is 14.9 Å². The Balaban J connectivity index is 2.42. The molecular formula is C17H23BrN2O3. The summed E-state index contributed by atoms with van der Waals surface area (Å²) >= 11 is 3.48. The zero-order chi connectivity index (χ0) is 17.3. The highest BCUT2D eigenvalue weighted by molar-refractivity contribution is 9.10. The summed E-state index contributed by atoms with van der Waals surface area (Å²) in [6, 6.07) is 5.83. The quantitative estimate of drug-likeness (QED) is 0.856. The molecule has 0 fully saturated rings. The maximum absolute atomic E-state index is 12.0. The topological polar surface area (TPSA) is 60.9 Å². The maximum atomic E-state index is 12.0. The zero-order valence-electron chi connectivity index (χ0n) is 13.9. The fraction of sp³-hybridized carbons (Fsp3) is 0.529. The Kier molecular flexibility index (Phi) is 5.34. The van der Waals surface area contributed by atoms with Gasteiger partial charge in [0.15, 0.2) is 0 Å². The molecule has 1 heterocycles. The molecule has 1 aromatic carbocycles. The first-order chi connectivity index (χ1) is 10.7. The molecule has 1 aliphatic rings. The number of rotatable bonds is 3. The van der Waals surface area contributed by atoms with Gasteiger partial charge in [-0.2, -0.15) is 0 Å². The Hall–Kier alpha value is -1.56. The molecule has 1 N–H and O–H groups in total. The normalized spacial score (nSPS) is 20.3. The first kappa shape index (κ1) is 17.8. The predicted octanol–water partition coefficient (Wildman–Crippen LogP) is 4.07. The number of benzene rings is 1. The van der Waals surface area contributed by atoms with E-state index in [1.807, 2.05) is 39.0 Å². The molecule has 0 aromatic heterocycles.